The first kappa shape index (κ1) is 16.7. The monoisotopic (exact) mass is 311 g/mol. The number of halogens is 3. The molecule has 120 valence electrons. The van der Waals surface area contributed by atoms with Gasteiger partial charge >= 0.3 is 0 Å². The molecule has 0 aliphatic carbocycles. The van der Waals surface area contributed by atoms with Crippen LogP contribution in [-0.2, 0) is 6.54 Å². The van der Waals surface area contributed by atoms with Gasteiger partial charge in [0.2, 0.25) is 0 Å². The van der Waals surface area contributed by atoms with E-state index in [4.69, 9.17) is 0 Å². The lowest BCUT2D eigenvalue weighted by Crippen LogP contribution is -2.31. The molecule has 1 N–H and O–H groups in total. The van der Waals surface area contributed by atoms with Crippen LogP contribution in [0.5, 0.6) is 0 Å². The van der Waals surface area contributed by atoms with Crippen molar-refractivity contribution in [2.75, 3.05) is 13.6 Å². The quantitative estimate of drug-likeness (QED) is 0.858. The van der Waals surface area contributed by atoms with E-state index in [1.54, 1.807) is 33.0 Å². The van der Waals surface area contributed by atoms with Gasteiger partial charge in [0.1, 0.15) is 11.5 Å². The van der Waals surface area contributed by atoms with Crippen molar-refractivity contribution in [2.45, 2.75) is 32.7 Å². The molecular weight excluding hydrogens is 291 g/mol. The summed E-state index contributed by atoms with van der Waals surface area (Å²) < 4.78 is 42.0. The van der Waals surface area contributed by atoms with E-state index in [0.29, 0.717) is 17.7 Å². The Morgan fingerprint density at radius 1 is 1.32 bits per heavy atom. The molecule has 22 heavy (non-hydrogen) atoms. The lowest BCUT2D eigenvalue weighted by Gasteiger charge is -2.17. The SMILES string of the molecule is CNCc1ccc(C2=NCC(C(F)(F)CC(C)C)=N2)cc1F. The van der Waals surface area contributed by atoms with Gasteiger partial charge in [-0.2, -0.15) is 8.78 Å². The van der Waals surface area contributed by atoms with Gasteiger partial charge in [0.25, 0.3) is 5.92 Å². The van der Waals surface area contributed by atoms with E-state index in [0.717, 1.165) is 0 Å². The van der Waals surface area contributed by atoms with Gasteiger partial charge in [-0.3, -0.25) is 4.99 Å². The summed E-state index contributed by atoms with van der Waals surface area (Å²) in [7, 11) is 1.72. The summed E-state index contributed by atoms with van der Waals surface area (Å²) in [4.78, 5) is 7.96. The van der Waals surface area contributed by atoms with E-state index in [1.807, 2.05) is 0 Å². The molecule has 2 rings (SSSR count). The Bertz CT molecular complexity index is 607. The first-order valence-corrected chi connectivity index (χ1v) is 7.27. The Hall–Kier alpha value is -1.69. The molecule has 0 saturated carbocycles. The molecule has 0 aromatic heterocycles. The highest BCUT2D eigenvalue weighted by Gasteiger charge is 2.38. The zero-order chi connectivity index (χ0) is 16.3. The van der Waals surface area contributed by atoms with Crippen molar-refractivity contribution < 1.29 is 13.2 Å². The minimum Gasteiger partial charge on any atom is -0.316 e. The first-order valence-electron chi connectivity index (χ1n) is 7.27. The highest BCUT2D eigenvalue weighted by Crippen LogP contribution is 2.28. The van der Waals surface area contributed by atoms with Crippen LogP contribution in [0.15, 0.2) is 28.2 Å². The lowest BCUT2D eigenvalue weighted by atomic mass is 10.0. The van der Waals surface area contributed by atoms with Crippen molar-refractivity contribution in [1.29, 1.82) is 0 Å². The van der Waals surface area contributed by atoms with Crippen LogP contribution in [0.2, 0.25) is 0 Å². The molecule has 1 heterocycles. The van der Waals surface area contributed by atoms with E-state index < -0.39 is 11.7 Å². The maximum atomic E-state index is 14.0. The highest BCUT2D eigenvalue weighted by atomic mass is 19.3. The second kappa shape index (κ2) is 6.60. The Labute approximate surface area is 128 Å². The maximum Gasteiger partial charge on any atom is 0.288 e. The molecule has 0 amide bonds. The number of nitrogens with one attached hydrogen (secondary N) is 1. The molecule has 0 fully saturated rings. The number of hydrogen-bond acceptors (Lipinski definition) is 3. The molecule has 1 aromatic rings. The number of alkyl halides is 2. The Morgan fingerprint density at radius 2 is 2.05 bits per heavy atom. The minimum absolute atomic E-state index is 0.130. The van der Waals surface area contributed by atoms with Gasteiger partial charge in [0.15, 0.2) is 5.84 Å². The third-order valence-electron chi connectivity index (χ3n) is 3.38. The molecule has 0 bridgehead atoms. The number of hydrogen-bond donors (Lipinski definition) is 1. The first-order chi connectivity index (χ1) is 10.3. The fourth-order valence-corrected chi connectivity index (χ4v) is 2.35. The van der Waals surface area contributed by atoms with E-state index in [9.17, 15) is 13.2 Å². The Kier molecular flexibility index (Phi) is 5.01. The van der Waals surface area contributed by atoms with E-state index in [-0.39, 0.29) is 30.4 Å². The molecule has 0 spiro atoms. The molecule has 0 radical (unpaired) electrons. The van der Waals surface area contributed by atoms with Crippen LogP contribution in [0.3, 0.4) is 0 Å². The second-order valence-electron chi connectivity index (χ2n) is 5.84. The molecule has 1 aromatic carbocycles. The van der Waals surface area contributed by atoms with Gasteiger partial charge < -0.3 is 5.32 Å². The predicted molar refractivity (Wildman–Crippen MR) is 82.4 cm³/mol. The molecular formula is C16H20F3N3. The normalized spacial score (nSPS) is 15.2. The summed E-state index contributed by atoms with van der Waals surface area (Å²) >= 11 is 0. The van der Waals surface area contributed by atoms with Gasteiger partial charge in [0.05, 0.1) is 6.54 Å². The number of nitrogens with zero attached hydrogens (tertiary/aromatic N) is 2. The highest BCUT2D eigenvalue weighted by molar-refractivity contribution is 6.13. The summed E-state index contributed by atoms with van der Waals surface area (Å²) in [6.45, 7) is 3.75. The number of rotatable bonds is 6. The van der Waals surface area contributed by atoms with Crippen LogP contribution in [-0.4, -0.2) is 31.1 Å². The van der Waals surface area contributed by atoms with Gasteiger partial charge in [-0.15, -0.1) is 0 Å². The van der Waals surface area contributed by atoms with Gasteiger partial charge in [-0.1, -0.05) is 26.0 Å². The van der Waals surface area contributed by atoms with Crippen LogP contribution >= 0.6 is 0 Å². The molecule has 1 aliphatic rings. The predicted octanol–water partition coefficient (Wildman–Crippen LogP) is 3.43. The van der Waals surface area contributed by atoms with Gasteiger partial charge in [-0.25, -0.2) is 9.38 Å². The van der Waals surface area contributed by atoms with Crippen molar-refractivity contribution in [3.8, 4) is 0 Å². The molecule has 6 heteroatoms. The summed E-state index contributed by atoms with van der Waals surface area (Å²) in [6.07, 6.45) is -0.260. The third-order valence-corrected chi connectivity index (χ3v) is 3.38. The van der Waals surface area contributed by atoms with Crippen LogP contribution in [0, 0.1) is 11.7 Å². The van der Waals surface area contributed by atoms with Crippen molar-refractivity contribution >= 4 is 11.5 Å². The second-order valence-corrected chi connectivity index (χ2v) is 5.84. The molecule has 0 saturated heterocycles. The Morgan fingerprint density at radius 3 is 2.64 bits per heavy atom. The van der Waals surface area contributed by atoms with Crippen LogP contribution < -0.4 is 5.32 Å². The fourth-order valence-electron chi connectivity index (χ4n) is 2.35. The number of amidine groups is 1. The molecule has 0 unspecified atom stereocenters. The Balaban J connectivity index is 2.19. The van der Waals surface area contributed by atoms with Crippen molar-refractivity contribution in [1.82, 2.24) is 5.32 Å². The van der Waals surface area contributed by atoms with Gasteiger partial charge in [-0.05, 0) is 19.0 Å². The largest absolute Gasteiger partial charge is 0.316 e. The number of benzene rings is 1. The average molecular weight is 311 g/mol. The summed E-state index contributed by atoms with van der Waals surface area (Å²) in [5.74, 6) is -3.33. The molecule has 3 nitrogen and oxygen atoms in total. The third kappa shape index (κ3) is 3.74. The van der Waals surface area contributed by atoms with Crippen molar-refractivity contribution in [2.24, 2.45) is 15.9 Å². The fraction of sp³-hybridized carbons (Fsp3) is 0.500. The van der Waals surface area contributed by atoms with Crippen LogP contribution in [0.1, 0.15) is 31.4 Å². The summed E-state index contributed by atoms with van der Waals surface area (Å²) in [5.41, 5.74) is 0.697. The van der Waals surface area contributed by atoms with Crippen molar-refractivity contribution in [3.05, 3.63) is 35.1 Å². The summed E-state index contributed by atoms with van der Waals surface area (Å²) in [6, 6.07) is 4.56. The van der Waals surface area contributed by atoms with Crippen molar-refractivity contribution in [3.63, 3.8) is 0 Å². The van der Waals surface area contributed by atoms with E-state index in [2.05, 4.69) is 15.3 Å². The number of aliphatic imine (C=N–C) groups is 2. The zero-order valence-electron chi connectivity index (χ0n) is 13.0. The topological polar surface area (TPSA) is 36.8 Å². The minimum atomic E-state index is -2.97. The summed E-state index contributed by atoms with van der Waals surface area (Å²) in [5, 5.41) is 2.86. The lowest BCUT2D eigenvalue weighted by molar-refractivity contribution is 0.0536. The van der Waals surface area contributed by atoms with E-state index in [1.165, 1.54) is 6.07 Å². The van der Waals surface area contributed by atoms with Crippen LogP contribution in [0.4, 0.5) is 13.2 Å². The molecule has 0 atom stereocenters. The smallest absolute Gasteiger partial charge is 0.288 e. The van der Waals surface area contributed by atoms with Crippen LogP contribution in [0.25, 0.3) is 0 Å². The standard InChI is InChI=1S/C16H20F3N3/c1-10(2)7-16(18,19)14-9-21-15(22-14)11-4-5-12(8-20-3)13(17)6-11/h4-6,10,20H,7-9H2,1-3H3. The van der Waals surface area contributed by atoms with E-state index >= 15 is 0 Å². The maximum absolute atomic E-state index is 14.0. The average Bonchev–Trinajstić information content (AvgIpc) is 2.90. The molecule has 1 aliphatic heterocycles. The van der Waals surface area contributed by atoms with Gasteiger partial charge in [0, 0.05) is 24.1 Å². The zero-order valence-corrected chi connectivity index (χ0v) is 13.0.